The summed E-state index contributed by atoms with van der Waals surface area (Å²) in [5, 5.41) is 3.47. The molecule has 3 aliphatic rings. The van der Waals surface area contributed by atoms with Gasteiger partial charge in [0.05, 0.1) is 12.7 Å². The highest BCUT2D eigenvalue weighted by atomic mass is 16.2. The van der Waals surface area contributed by atoms with E-state index in [1.807, 2.05) is 0 Å². The lowest BCUT2D eigenvalue weighted by atomic mass is 9.99. The van der Waals surface area contributed by atoms with Gasteiger partial charge in [0.1, 0.15) is 0 Å². The van der Waals surface area contributed by atoms with Gasteiger partial charge in [0.15, 0.2) is 0 Å². The molecule has 3 fully saturated rings. The van der Waals surface area contributed by atoms with E-state index < -0.39 is 0 Å². The van der Waals surface area contributed by atoms with Crippen LogP contribution in [0.4, 0.5) is 0 Å². The maximum absolute atomic E-state index is 12.1. The monoisotopic (exact) mass is 236 g/mol. The van der Waals surface area contributed by atoms with E-state index in [2.05, 4.69) is 17.1 Å². The van der Waals surface area contributed by atoms with Crippen molar-refractivity contribution in [2.75, 3.05) is 6.54 Å². The van der Waals surface area contributed by atoms with E-state index in [9.17, 15) is 4.79 Å². The fourth-order valence-corrected chi connectivity index (χ4v) is 4.13. The first kappa shape index (κ1) is 11.5. The zero-order valence-electron chi connectivity index (χ0n) is 10.8. The van der Waals surface area contributed by atoms with Gasteiger partial charge in [0, 0.05) is 6.04 Å². The Labute approximate surface area is 104 Å². The van der Waals surface area contributed by atoms with Gasteiger partial charge in [-0.2, -0.15) is 0 Å². The van der Waals surface area contributed by atoms with Crippen molar-refractivity contribution in [3.63, 3.8) is 0 Å². The van der Waals surface area contributed by atoms with Crippen LogP contribution in [0.3, 0.4) is 0 Å². The second kappa shape index (κ2) is 4.60. The molecule has 1 saturated heterocycles. The molecule has 1 amide bonds. The number of carbonyl (C=O) groups excluding carboxylic acids is 1. The molecular weight excluding hydrogens is 212 g/mol. The summed E-state index contributed by atoms with van der Waals surface area (Å²) in [6.45, 7) is 2.89. The van der Waals surface area contributed by atoms with Crippen molar-refractivity contribution >= 4 is 5.91 Å². The van der Waals surface area contributed by atoms with E-state index in [1.165, 1.54) is 44.9 Å². The maximum Gasteiger partial charge on any atom is 0.238 e. The average Bonchev–Trinajstić information content (AvgIpc) is 2.98. The van der Waals surface area contributed by atoms with Crippen molar-refractivity contribution in [1.82, 2.24) is 10.2 Å². The van der Waals surface area contributed by atoms with Crippen LogP contribution >= 0.6 is 0 Å². The summed E-state index contributed by atoms with van der Waals surface area (Å²) in [5.41, 5.74) is 0. The number of rotatable bonds is 2. The van der Waals surface area contributed by atoms with Crippen molar-refractivity contribution in [2.24, 2.45) is 11.8 Å². The Morgan fingerprint density at radius 3 is 2.53 bits per heavy atom. The molecule has 0 aromatic carbocycles. The van der Waals surface area contributed by atoms with Crippen LogP contribution in [0.25, 0.3) is 0 Å². The molecule has 2 saturated carbocycles. The molecule has 3 rings (SSSR count). The molecule has 1 heterocycles. The van der Waals surface area contributed by atoms with Gasteiger partial charge in [-0.05, 0) is 37.5 Å². The molecule has 0 aromatic rings. The van der Waals surface area contributed by atoms with Crippen molar-refractivity contribution in [1.29, 1.82) is 0 Å². The summed E-state index contributed by atoms with van der Waals surface area (Å²) in [6.07, 6.45) is 9.49. The van der Waals surface area contributed by atoms with E-state index in [0.29, 0.717) is 36.5 Å². The highest BCUT2D eigenvalue weighted by Gasteiger charge is 2.43. The maximum atomic E-state index is 12.1. The molecule has 3 nitrogen and oxygen atoms in total. The molecular formula is C14H24N2O. The minimum absolute atomic E-state index is 0.348. The number of nitrogens with one attached hydrogen (secondary N) is 1. The minimum Gasteiger partial charge on any atom is -0.323 e. The molecule has 3 atom stereocenters. The van der Waals surface area contributed by atoms with Crippen LogP contribution in [0.15, 0.2) is 0 Å². The molecule has 96 valence electrons. The topological polar surface area (TPSA) is 32.3 Å². The number of nitrogens with zero attached hydrogens (tertiary/aromatic N) is 1. The Morgan fingerprint density at radius 1 is 1.12 bits per heavy atom. The molecule has 0 spiro atoms. The van der Waals surface area contributed by atoms with Crippen LogP contribution in [0.1, 0.15) is 51.9 Å². The van der Waals surface area contributed by atoms with Gasteiger partial charge in [-0.15, -0.1) is 0 Å². The standard InChI is InChI=1S/C14H24N2O/c1-10-5-4-8-12(10)16-13(17)9-15-14(16)11-6-2-3-7-11/h10-12,14-15H,2-9H2,1H3. The van der Waals surface area contributed by atoms with Crippen LogP contribution in [0.2, 0.25) is 0 Å². The van der Waals surface area contributed by atoms with E-state index in [1.54, 1.807) is 0 Å². The zero-order valence-corrected chi connectivity index (χ0v) is 10.8. The van der Waals surface area contributed by atoms with Crippen molar-refractivity contribution in [2.45, 2.75) is 64.1 Å². The van der Waals surface area contributed by atoms with Crippen LogP contribution in [0.5, 0.6) is 0 Å². The SMILES string of the molecule is CC1CCCC1N1C(=O)CNC1C1CCCC1. The highest BCUT2D eigenvalue weighted by molar-refractivity contribution is 5.81. The number of hydrogen-bond acceptors (Lipinski definition) is 2. The second-order valence-electron chi connectivity index (χ2n) is 6.15. The lowest BCUT2D eigenvalue weighted by Gasteiger charge is -2.36. The summed E-state index contributed by atoms with van der Waals surface area (Å²) >= 11 is 0. The molecule has 0 aromatic heterocycles. The van der Waals surface area contributed by atoms with Gasteiger partial charge >= 0.3 is 0 Å². The third kappa shape index (κ3) is 1.99. The second-order valence-corrected chi connectivity index (χ2v) is 6.15. The van der Waals surface area contributed by atoms with Crippen LogP contribution in [-0.2, 0) is 4.79 Å². The summed E-state index contributed by atoms with van der Waals surface area (Å²) in [5.74, 6) is 1.76. The largest absolute Gasteiger partial charge is 0.323 e. The van der Waals surface area contributed by atoms with Crippen molar-refractivity contribution in [3.8, 4) is 0 Å². The van der Waals surface area contributed by atoms with E-state index in [0.717, 1.165) is 0 Å². The molecule has 1 aliphatic heterocycles. The lowest BCUT2D eigenvalue weighted by Crippen LogP contribution is -2.49. The molecule has 2 aliphatic carbocycles. The normalized spacial score (nSPS) is 39.5. The molecule has 3 heteroatoms. The van der Waals surface area contributed by atoms with Gasteiger partial charge in [0.2, 0.25) is 5.91 Å². The summed E-state index contributed by atoms with van der Waals surface area (Å²) in [7, 11) is 0. The summed E-state index contributed by atoms with van der Waals surface area (Å²) < 4.78 is 0. The molecule has 1 N–H and O–H groups in total. The molecule has 3 unspecified atom stereocenters. The number of hydrogen-bond donors (Lipinski definition) is 1. The van der Waals surface area contributed by atoms with Gasteiger partial charge < -0.3 is 4.90 Å². The van der Waals surface area contributed by atoms with Crippen LogP contribution < -0.4 is 5.32 Å². The first-order chi connectivity index (χ1) is 8.27. The van der Waals surface area contributed by atoms with Crippen LogP contribution in [0, 0.1) is 11.8 Å². The van der Waals surface area contributed by atoms with Gasteiger partial charge in [-0.25, -0.2) is 0 Å². The molecule has 17 heavy (non-hydrogen) atoms. The van der Waals surface area contributed by atoms with Gasteiger partial charge in [-0.1, -0.05) is 26.2 Å². The van der Waals surface area contributed by atoms with E-state index in [-0.39, 0.29) is 0 Å². The predicted molar refractivity (Wildman–Crippen MR) is 67.4 cm³/mol. The highest BCUT2D eigenvalue weighted by Crippen LogP contribution is 2.37. The first-order valence-corrected chi connectivity index (χ1v) is 7.32. The predicted octanol–water partition coefficient (Wildman–Crippen LogP) is 2.12. The third-order valence-corrected chi connectivity index (χ3v) is 5.07. The fraction of sp³-hybridized carbons (Fsp3) is 0.929. The van der Waals surface area contributed by atoms with Crippen LogP contribution in [-0.4, -0.2) is 29.6 Å². The fourth-order valence-electron chi connectivity index (χ4n) is 4.13. The minimum atomic E-state index is 0.348. The Balaban J connectivity index is 1.76. The summed E-state index contributed by atoms with van der Waals surface area (Å²) in [4.78, 5) is 14.4. The Kier molecular flexibility index (Phi) is 3.12. The number of carbonyl (C=O) groups is 1. The van der Waals surface area contributed by atoms with E-state index in [4.69, 9.17) is 0 Å². The smallest absolute Gasteiger partial charge is 0.238 e. The Hall–Kier alpha value is -0.570. The van der Waals surface area contributed by atoms with Gasteiger partial charge in [0.25, 0.3) is 0 Å². The van der Waals surface area contributed by atoms with E-state index >= 15 is 0 Å². The Morgan fingerprint density at radius 2 is 1.88 bits per heavy atom. The molecule has 0 bridgehead atoms. The zero-order chi connectivity index (χ0) is 11.8. The first-order valence-electron chi connectivity index (χ1n) is 7.32. The Bertz CT molecular complexity index is 299. The van der Waals surface area contributed by atoms with Crippen molar-refractivity contribution < 1.29 is 4.79 Å². The quantitative estimate of drug-likeness (QED) is 0.796. The average molecular weight is 236 g/mol. The number of amides is 1. The lowest BCUT2D eigenvalue weighted by molar-refractivity contribution is -0.131. The third-order valence-electron chi connectivity index (χ3n) is 5.07. The molecule has 0 radical (unpaired) electrons. The summed E-state index contributed by atoms with van der Waals surface area (Å²) in [6, 6.07) is 0.517. The van der Waals surface area contributed by atoms with Gasteiger partial charge in [-0.3, -0.25) is 10.1 Å². The van der Waals surface area contributed by atoms with Crippen molar-refractivity contribution in [3.05, 3.63) is 0 Å².